The van der Waals surface area contributed by atoms with E-state index in [4.69, 9.17) is 5.14 Å². The van der Waals surface area contributed by atoms with Crippen LogP contribution in [0.3, 0.4) is 0 Å². The largest absolute Gasteiger partial charge is 0.356 e. The molecule has 0 aromatic heterocycles. The Kier molecular flexibility index (Phi) is 5.97. The van der Waals surface area contributed by atoms with Crippen molar-refractivity contribution in [1.82, 2.24) is 5.32 Å². The van der Waals surface area contributed by atoms with Crippen molar-refractivity contribution >= 4 is 15.9 Å². The number of hydrogen-bond donors (Lipinski definition) is 2. The van der Waals surface area contributed by atoms with Crippen molar-refractivity contribution < 1.29 is 13.2 Å². The zero-order valence-corrected chi connectivity index (χ0v) is 13.6. The molecule has 1 aliphatic carbocycles. The standard InChI is InChI=1S/C16H24N2O3S/c17-22(20,21)15-10-8-13(9-11-15)5-4-12-18-16(19)14-6-2-1-3-7-14/h8-11,14H,1-7,12H2,(H,18,19)(H2,17,20,21). The molecule has 22 heavy (non-hydrogen) atoms. The van der Waals surface area contributed by atoms with Crippen molar-refractivity contribution in [2.45, 2.75) is 49.8 Å². The highest BCUT2D eigenvalue weighted by molar-refractivity contribution is 7.89. The number of hydrogen-bond acceptors (Lipinski definition) is 3. The number of carbonyl (C=O) groups is 1. The van der Waals surface area contributed by atoms with Crippen LogP contribution in [0.5, 0.6) is 0 Å². The fraction of sp³-hybridized carbons (Fsp3) is 0.562. The molecule has 0 saturated heterocycles. The summed E-state index contributed by atoms with van der Waals surface area (Å²) >= 11 is 0. The highest BCUT2D eigenvalue weighted by Gasteiger charge is 2.20. The van der Waals surface area contributed by atoms with Gasteiger partial charge in [-0.05, 0) is 43.4 Å². The summed E-state index contributed by atoms with van der Waals surface area (Å²) in [7, 11) is -3.63. The molecule has 3 N–H and O–H groups in total. The predicted octanol–water partition coefficient (Wildman–Crippen LogP) is 1.96. The molecule has 6 heteroatoms. The van der Waals surface area contributed by atoms with Gasteiger partial charge in [0.1, 0.15) is 0 Å². The number of aryl methyl sites for hydroxylation is 1. The van der Waals surface area contributed by atoms with Crippen LogP contribution in [0, 0.1) is 5.92 Å². The molecule has 0 aliphatic heterocycles. The van der Waals surface area contributed by atoms with Crippen LogP contribution in [-0.2, 0) is 21.2 Å². The fourth-order valence-corrected chi connectivity index (χ4v) is 3.37. The minimum atomic E-state index is -3.63. The average molecular weight is 324 g/mol. The SMILES string of the molecule is NS(=O)(=O)c1ccc(CCCNC(=O)C2CCCCC2)cc1. The molecule has 5 nitrogen and oxygen atoms in total. The third kappa shape index (κ3) is 5.10. The van der Waals surface area contributed by atoms with Gasteiger partial charge < -0.3 is 5.32 Å². The Morgan fingerprint density at radius 2 is 1.77 bits per heavy atom. The van der Waals surface area contributed by atoms with Gasteiger partial charge in [0, 0.05) is 12.5 Å². The molecule has 122 valence electrons. The third-order valence-electron chi connectivity index (χ3n) is 4.17. The van der Waals surface area contributed by atoms with E-state index >= 15 is 0 Å². The van der Waals surface area contributed by atoms with E-state index in [9.17, 15) is 13.2 Å². The maximum atomic E-state index is 12.0. The lowest BCUT2D eigenvalue weighted by molar-refractivity contribution is -0.125. The Morgan fingerprint density at radius 3 is 2.36 bits per heavy atom. The molecule has 1 saturated carbocycles. The molecule has 1 aromatic carbocycles. The van der Waals surface area contributed by atoms with Crippen LogP contribution in [0.1, 0.15) is 44.1 Å². The van der Waals surface area contributed by atoms with E-state index in [1.54, 1.807) is 12.1 Å². The first-order chi connectivity index (χ1) is 10.5. The van der Waals surface area contributed by atoms with Crippen molar-refractivity contribution in [3.8, 4) is 0 Å². The van der Waals surface area contributed by atoms with E-state index < -0.39 is 10.0 Å². The number of primary sulfonamides is 1. The lowest BCUT2D eigenvalue weighted by Gasteiger charge is -2.20. The van der Waals surface area contributed by atoms with Crippen molar-refractivity contribution in [2.24, 2.45) is 11.1 Å². The summed E-state index contributed by atoms with van der Waals surface area (Å²) in [6.07, 6.45) is 7.24. The molecule has 2 rings (SSSR count). The number of carbonyl (C=O) groups excluding carboxylic acids is 1. The Balaban J connectivity index is 1.71. The van der Waals surface area contributed by atoms with E-state index in [1.165, 1.54) is 18.6 Å². The zero-order chi connectivity index (χ0) is 16.0. The molecule has 0 heterocycles. The minimum absolute atomic E-state index is 0.127. The normalized spacial score (nSPS) is 16.4. The van der Waals surface area contributed by atoms with Crippen LogP contribution >= 0.6 is 0 Å². The second-order valence-corrected chi connectivity index (χ2v) is 7.48. The Morgan fingerprint density at radius 1 is 1.14 bits per heavy atom. The second kappa shape index (κ2) is 7.74. The Hall–Kier alpha value is -1.40. The van der Waals surface area contributed by atoms with Crippen LogP contribution in [0.15, 0.2) is 29.2 Å². The van der Waals surface area contributed by atoms with Gasteiger partial charge in [0.2, 0.25) is 15.9 Å². The Bertz CT molecular complexity index is 590. The summed E-state index contributed by atoms with van der Waals surface area (Å²) in [5.41, 5.74) is 1.04. The summed E-state index contributed by atoms with van der Waals surface area (Å²) in [5, 5.41) is 8.06. The van der Waals surface area contributed by atoms with Gasteiger partial charge in [-0.25, -0.2) is 13.6 Å². The topological polar surface area (TPSA) is 89.3 Å². The Labute approximate surface area is 132 Å². The second-order valence-electron chi connectivity index (χ2n) is 5.92. The minimum Gasteiger partial charge on any atom is -0.356 e. The van der Waals surface area contributed by atoms with Gasteiger partial charge in [0.25, 0.3) is 0 Å². The van der Waals surface area contributed by atoms with E-state index in [0.29, 0.717) is 6.54 Å². The number of amides is 1. The summed E-state index contributed by atoms with van der Waals surface area (Å²) in [6.45, 7) is 0.659. The van der Waals surface area contributed by atoms with Crippen LogP contribution in [0.2, 0.25) is 0 Å². The lowest BCUT2D eigenvalue weighted by atomic mass is 9.88. The van der Waals surface area contributed by atoms with Gasteiger partial charge >= 0.3 is 0 Å². The van der Waals surface area contributed by atoms with E-state index in [0.717, 1.165) is 44.1 Å². The average Bonchev–Trinajstić information content (AvgIpc) is 2.52. The van der Waals surface area contributed by atoms with Crippen molar-refractivity contribution in [3.05, 3.63) is 29.8 Å². The summed E-state index contributed by atoms with van der Waals surface area (Å²) in [4.78, 5) is 12.1. The molecule has 1 aromatic rings. The first kappa shape index (κ1) is 17.0. The monoisotopic (exact) mass is 324 g/mol. The van der Waals surface area contributed by atoms with E-state index in [-0.39, 0.29) is 16.7 Å². The lowest BCUT2D eigenvalue weighted by Crippen LogP contribution is -2.32. The van der Waals surface area contributed by atoms with Crippen LogP contribution in [0.4, 0.5) is 0 Å². The van der Waals surface area contributed by atoms with Gasteiger partial charge in [-0.2, -0.15) is 0 Å². The molecule has 1 amide bonds. The van der Waals surface area contributed by atoms with Crippen LogP contribution in [-0.4, -0.2) is 20.9 Å². The van der Waals surface area contributed by atoms with Crippen molar-refractivity contribution in [2.75, 3.05) is 6.54 Å². The number of rotatable bonds is 6. The third-order valence-corrected chi connectivity index (χ3v) is 5.10. The molecule has 0 unspecified atom stereocenters. The molecule has 0 atom stereocenters. The number of nitrogens with one attached hydrogen (secondary N) is 1. The van der Waals surface area contributed by atoms with Gasteiger partial charge in [-0.15, -0.1) is 0 Å². The van der Waals surface area contributed by atoms with E-state index in [2.05, 4.69) is 5.32 Å². The molecular weight excluding hydrogens is 300 g/mol. The first-order valence-electron chi connectivity index (χ1n) is 7.86. The summed E-state index contributed by atoms with van der Waals surface area (Å²) < 4.78 is 22.3. The molecule has 1 fully saturated rings. The molecular formula is C16H24N2O3S. The fourth-order valence-electron chi connectivity index (χ4n) is 2.86. The quantitative estimate of drug-likeness (QED) is 0.784. The zero-order valence-electron chi connectivity index (χ0n) is 12.8. The highest BCUT2D eigenvalue weighted by Crippen LogP contribution is 2.23. The molecule has 0 bridgehead atoms. The van der Waals surface area contributed by atoms with Crippen molar-refractivity contribution in [3.63, 3.8) is 0 Å². The maximum Gasteiger partial charge on any atom is 0.238 e. The van der Waals surface area contributed by atoms with Crippen molar-refractivity contribution in [1.29, 1.82) is 0 Å². The van der Waals surface area contributed by atoms with Crippen LogP contribution in [0.25, 0.3) is 0 Å². The van der Waals surface area contributed by atoms with E-state index in [1.807, 2.05) is 0 Å². The molecule has 0 radical (unpaired) electrons. The van der Waals surface area contributed by atoms with Gasteiger partial charge in [-0.3, -0.25) is 4.79 Å². The van der Waals surface area contributed by atoms with Crippen LogP contribution < -0.4 is 10.5 Å². The number of sulfonamides is 1. The predicted molar refractivity (Wildman–Crippen MR) is 85.7 cm³/mol. The highest BCUT2D eigenvalue weighted by atomic mass is 32.2. The number of nitrogens with two attached hydrogens (primary N) is 1. The summed E-state index contributed by atoms with van der Waals surface area (Å²) in [5.74, 6) is 0.382. The first-order valence-corrected chi connectivity index (χ1v) is 9.41. The smallest absolute Gasteiger partial charge is 0.238 e. The number of benzene rings is 1. The van der Waals surface area contributed by atoms with Gasteiger partial charge in [-0.1, -0.05) is 31.4 Å². The van der Waals surface area contributed by atoms with Gasteiger partial charge in [0.05, 0.1) is 4.90 Å². The molecule has 0 spiro atoms. The summed E-state index contributed by atoms with van der Waals surface area (Å²) in [6, 6.07) is 6.57. The molecule has 1 aliphatic rings. The van der Waals surface area contributed by atoms with Gasteiger partial charge in [0.15, 0.2) is 0 Å². The maximum absolute atomic E-state index is 12.0.